The lowest BCUT2D eigenvalue weighted by atomic mass is 9.80. The van der Waals surface area contributed by atoms with Crippen LogP contribution in [0.15, 0.2) is 12.1 Å². The summed E-state index contributed by atoms with van der Waals surface area (Å²) >= 11 is 0. The Bertz CT molecular complexity index is 705. The Balaban J connectivity index is 2.25. The molecule has 2 rings (SSSR count). The first-order valence-electron chi connectivity index (χ1n) is 7.07. The van der Waals surface area contributed by atoms with Gasteiger partial charge in [-0.25, -0.2) is 0 Å². The van der Waals surface area contributed by atoms with E-state index in [2.05, 4.69) is 10.1 Å². The Hall–Kier alpha value is -2.98. The predicted molar refractivity (Wildman–Crippen MR) is 77.9 cm³/mol. The number of rotatable bonds is 7. The molecule has 2 N–H and O–H groups in total. The van der Waals surface area contributed by atoms with Gasteiger partial charge in [-0.3, -0.25) is 19.7 Å². The van der Waals surface area contributed by atoms with Crippen molar-refractivity contribution in [2.45, 2.75) is 25.5 Å². The Morgan fingerprint density at radius 1 is 1.36 bits per heavy atom. The van der Waals surface area contributed by atoms with Gasteiger partial charge in [0.15, 0.2) is 11.5 Å². The molecule has 0 heterocycles. The fourth-order valence-electron chi connectivity index (χ4n) is 2.43. The van der Waals surface area contributed by atoms with Gasteiger partial charge in [-0.05, 0) is 12.8 Å². The Morgan fingerprint density at radius 3 is 2.48 bits per heavy atom. The molecular weight excluding hydrogens is 346 g/mol. The predicted octanol–water partition coefficient (Wildman–Crippen LogP) is 1.80. The van der Waals surface area contributed by atoms with Gasteiger partial charge in [0.2, 0.25) is 0 Å². The highest BCUT2D eigenvalue weighted by molar-refractivity contribution is 5.99. The summed E-state index contributed by atoms with van der Waals surface area (Å²) in [5.74, 6) is -3.23. The number of carbonyl (C=O) groups is 2. The van der Waals surface area contributed by atoms with Crippen LogP contribution >= 0.6 is 0 Å². The molecular formula is C14H14F2N2O7. The molecule has 0 saturated heterocycles. The SMILES string of the molecule is COc1cc(C(=O)NC2CC(C(=O)O)C2)c([N+](=O)[O-])cc1OC(F)F. The van der Waals surface area contributed by atoms with Crippen LogP contribution in [-0.2, 0) is 4.79 Å². The Kier molecular flexibility index (Phi) is 5.35. The number of carboxylic acids is 1. The Morgan fingerprint density at radius 2 is 2.00 bits per heavy atom. The quantitative estimate of drug-likeness (QED) is 0.560. The third-order valence-electron chi connectivity index (χ3n) is 3.76. The van der Waals surface area contributed by atoms with E-state index < -0.39 is 52.4 Å². The number of hydrogen-bond acceptors (Lipinski definition) is 6. The van der Waals surface area contributed by atoms with Gasteiger partial charge in [-0.1, -0.05) is 0 Å². The maximum Gasteiger partial charge on any atom is 0.387 e. The number of ether oxygens (including phenoxy) is 2. The second-order valence-electron chi connectivity index (χ2n) is 5.33. The van der Waals surface area contributed by atoms with Crippen molar-refractivity contribution in [1.29, 1.82) is 0 Å². The number of nitro groups is 1. The maximum atomic E-state index is 12.4. The van der Waals surface area contributed by atoms with Crippen molar-refractivity contribution in [1.82, 2.24) is 5.32 Å². The number of amides is 1. The van der Waals surface area contributed by atoms with Gasteiger partial charge in [-0.15, -0.1) is 0 Å². The Labute approximate surface area is 139 Å². The number of alkyl halides is 2. The van der Waals surface area contributed by atoms with Crippen molar-refractivity contribution >= 4 is 17.6 Å². The number of aliphatic carboxylic acids is 1. The summed E-state index contributed by atoms with van der Waals surface area (Å²) in [6.07, 6.45) is 0.414. The first-order valence-corrected chi connectivity index (χ1v) is 7.07. The average molecular weight is 360 g/mol. The second kappa shape index (κ2) is 7.28. The van der Waals surface area contributed by atoms with E-state index in [1.165, 1.54) is 0 Å². The lowest BCUT2D eigenvalue weighted by molar-refractivity contribution is -0.385. The van der Waals surface area contributed by atoms with E-state index in [0.717, 1.165) is 13.2 Å². The molecule has 1 aliphatic rings. The fourth-order valence-corrected chi connectivity index (χ4v) is 2.43. The number of carbonyl (C=O) groups excluding carboxylic acids is 1. The van der Waals surface area contributed by atoms with Crippen molar-refractivity contribution in [3.8, 4) is 11.5 Å². The molecule has 11 heteroatoms. The van der Waals surface area contributed by atoms with Crippen molar-refractivity contribution in [3.05, 3.63) is 27.8 Å². The van der Waals surface area contributed by atoms with E-state index in [1.54, 1.807) is 0 Å². The van der Waals surface area contributed by atoms with Crippen LogP contribution in [0.1, 0.15) is 23.2 Å². The van der Waals surface area contributed by atoms with Crippen molar-refractivity contribution in [3.63, 3.8) is 0 Å². The van der Waals surface area contributed by atoms with Gasteiger partial charge >= 0.3 is 12.6 Å². The molecule has 1 saturated carbocycles. The number of halogens is 2. The number of benzene rings is 1. The second-order valence-corrected chi connectivity index (χ2v) is 5.33. The van der Waals surface area contributed by atoms with Crippen LogP contribution in [0.4, 0.5) is 14.5 Å². The van der Waals surface area contributed by atoms with Crippen LogP contribution < -0.4 is 14.8 Å². The molecule has 1 fully saturated rings. The molecule has 9 nitrogen and oxygen atoms in total. The van der Waals surface area contributed by atoms with Crippen LogP contribution in [0.2, 0.25) is 0 Å². The summed E-state index contributed by atoms with van der Waals surface area (Å²) in [5.41, 5.74) is -1.13. The standard InChI is InChI=1S/C14H14F2N2O7/c1-24-10-4-8(9(18(22)23)5-11(10)25-14(15)16)12(19)17-7-2-6(3-7)13(20)21/h4-7,14H,2-3H2,1H3,(H,17,19)(H,20,21). The lowest BCUT2D eigenvalue weighted by Crippen LogP contribution is -2.46. The fraction of sp³-hybridized carbons (Fsp3) is 0.429. The van der Waals surface area contributed by atoms with Gasteiger partial charge < -0.3 is 19.9 Å². The number of carboxylic acid groups (broad SMARTS) is 1. The molecule has 1 aromatic rings. The molecule has 0 spiro atoms. The summed E-state index contributed by atoms with van der Waals surface area (Å²) in [6.45, 7) is -3.23. The highest BCUT2D eigenvalue weighted by atomic mass is 19.3. The van der Waals surface area contributed by atoms with E-state index in [4.69, 9.17) is 9.84 Å². The van der Waals surface area contributed by atoms with Crippen molar-refractivity contribution < 1.29 is 37.9 Å². The van der Waals surface area contributed by atoms with Crippen LogP contribution in [0.3, 0.4) is 0 Å². The molecule has 0 unspecified atom stereocenters. The molecule has 0 radical (unpaired) electrons. The molecule has 25 heavy (non-hydrogen) atoms. The molecule has 0 aliphatic heterocycles. The lowest BCUT2D eigenvalue weighted by Gasteiger charge is -2.32. The molecule has 0 aromatic heterocycles. The summed E-state index contributed by atoms with van der Waals surface area (Å²) in [4.78, 5) is 33.2. The third-order valence-corrected chi connectivity index (χ3v) is 3.76. The van der Waals surface area contributed by atoms with E-state index in [9.17, 15) is 28.5 Å². The zero-order chi connectivity index (χ0) is 18.7. The number of hydrogen-bond donors (Lipinski definition) is 2. The minimum absolute atomic E-state index is 0.207. The zero-order valence-corrected chi connectivity index (χ0v) is 12.9. The average Bonchev–Trinajstić information content (AvgIpc) is 2.48. The first kappa shape index (κ1) is 18.4. The van der Waals surface area contributed by atoms with Gasteiger partial charge in [-0.2, -0.15) is 8.78 Å². The smallest absolute Gasteiger partial charge is 0.387 e. The highest BCUT2D eigenvalue weighted by Gasteiger charge is 2.36. The zero-order valence-electron chi connectivity index (χ0n) is 12.9. The topological polar surface area (TPSA) is 128 Å². The summed E-state index contributed by atoms with van der Waals surface area (Å²) in [5, 5.41) is 22.4. The van der Waals surface area contributed by atoms with Gasteiger partial charge in [0, 0.05) is 12.1 Å². The highest BCUT2D eigenvalue weighted by Crippen LogP contribution is 2.36. The first-order chi connectivity index (χ1) is 11.7. The molecule has 0 bridgehead atoms. The normalized spacial score (nSPS) is 19.0. The summed E-state index contributed by atoms with van der Waals surface area (Å²) in [7, 11) is 1.13. The van der Waals surface area contributed by atoms with Gasteiger partial charge in [0.05, 0.1) is 24.0 Å². The molecule has 136 valence electrons. The number of nitrogens with zero attached hydrogens (tertiary/aromatic N) is 1. The van der Waals surface area contributed by atoms with E-state index in [1.807, 2.05) is 0 Å². The van der Waals surface area contributed by atoms with Gasteiger partial charge in [0.1, 0.15) is 5.56 Å². The molecule has 0 atom stereocenters. The largest absolute Gasteiger partial charge is 0.493 e. The third kappa shape index (κ3) is 4.11. The molecule has 1 amide bonds. The van der Waals surface area contributed by atoms with Crippen LogP contribution in [0.5, 0.6) is 11.5 Å². The van der Waals surface area contributed by atoms with Crippen molar-refractivity contribution in [2.24, 2.45) is 5.92 Å². The number of nitrogens with one attached hydrogen (secondary N) is 1. The van der Waals surface area contributed by atoms with Crippen LogP contribution in [-0.4, -0.2) is 41.7 Å². The van der Waals surface area contributed by atoms with Crippen LogP contribution in [0, 0.1) is 16.0 Å². The van der Waals surface area contributed by atoms with E-state index >= 15 is 0 Å². The minimum atomic E-state index is -3.23. The van der Waals surface area contributed by atoms with Gasteiger partial charge in [0.25, 0.3) is 11.6 Å². The van der Waals surface area contributed by atoms with Crippen molar-refractivity contribution in [2.75, 3.05) is 7.11 Å². The van der Waals surface area contributed by atoms with E-state index in [0.29, 0.717) is 6.07 Å². The number of nitro benzene ring substituents is 1. The summed E-state index contributed by atoms with van der Waals surface area (Å²) < 4.78 is 33.7. The molecule has 1 aromatic carbocycles. The van der Waals surface area contributed by atoms with Crippen LogP contribution in [0.25, 0.3) is 0 Å². The maximum absolute atomic E-state index is 12.4. The summed E-state index contributed by atoms with van der Waals surface area (Å²) in [6, 6.07) is 1.18. The monoisotopic (exact) mass is 360 g/mol. The van der Waals surface area contributed by atoms with E-state index in [-0.39, 0.29) is 18.6 Å². The number of methoxy groups -OCH3 is 1. The minimum Gasteiger partial charge on any atom is -0.493 e. The molecule has 1 aliphatic carbocycles.